The van der Waals surface area contributed by atoms with E-state index in [0.717, 1.165) is 0 Å². The van der Waals surface area contributed by atoms with Crippen molar-refractivity contribution in [2.45, 2.75) is 33.7 Å². The first-order valence-electron chi connectivity index (χ1n) is 3.15. The van der Waals surface area contributed by atoms with Crippen LogP contribution in [0.4, 0.5) is 0 Å². The highest BCUT2D eigenvalue weighted by molar-refractivity contribution is 5.88. The minimum absolute atomic E-state index is 0.113. The molecule has 2 N–H and O–H groups in total. The third-order valence-electron chi connectivity index (χ3n) is 1.15. The molecule has 54 valence electrons. The zero-order valence-electron chi connectivity index (χ0n) is 6.56. The lowest BCUT2D eigenvalue weighted by Crippen LogP contribution is -2.36. The van der Waals surface area contributed by atoms with Crippen LogP contribution < -0.4 is 5.73 Å². The van der Waals surface area contributed by atoms with Gasteiger partial charge in [-0.15, -0.1) is 0 Å². The summed E-state index contributed by atoms with van der Waals surface area (Å²) < 4.78 is 0. The summed E-state index contributed by atoms with van der Waals surface area (Å²) in [5.74, 6) is 0.113. The third kappa shape index (κ3) is 2.61. The Morgan fingerprint density at radius 3 is 1.78 bits per heavy atom. The van der Waals surface area contributed by atoms with Gasteiger partial charge in [0.15, 0.2) is 5.78 Å². The van der Waals surface area contributed by atoms with Gasteiger partial charge in [-0.3, -0.25) is 4.79 Å². The normalized spacial score (nSPS) is 15.2. The Balaban J connectivity index is 4.06. The van der Waals surface area contributed by atoms with Crippen LogP contribution in [-0.4, -0.2) is 11.8 Å². The van der Waals surface area contributed by atoms with E-state index in [2.05, 4.69) is 0 Å². The highest BCUT2D eigenvalue weighted by Crippen LogP contribution is 2.15. The summed E-state index contributed by atoms with van der Waals surface area (Å²) in [6.07, 6.45) is 0. The summed E-state index contributed by atoms with van der Waals surface area (Å²) in [5, 5.41) is 0. The number of hydrogen-bond acceptors (Lipinski definition) is 2. The molecule has 0 aromatic heterocycles. The molecule has 0 saturated heterocycles. The van der Waals surface area contributed by atoms with Crippen molar-refractivity contribution in [3.05, 3.63) is 0 Å². The van der Waals surface area contributed by atoms with Crippen molar-refractivity contribution in [2.24, 2.45) is 11.1 Å². The van der Waals surface area contributed by atoms with Gasteiger partial charge in [0.2, 0.25) is 0 Å². The quantitative estimate of drug-likeness (QED) is 0.572. The van der Waals surface area contributed by atoms with Crippen LogP contribution in [-0.2, 0) is 4.79 Å². The predicted octanol–water partition coefficient (Wildman–Crippen LogP) is 0.949. The molecule has 0 aliphatic carbocycles. The number of carbonyl (C=O) groups is 1. The molecule has 0 aromatic carbocycles. The molecule has 0 saturated carbocycles. The minimum atomic E-state index is -0.329. The van der Waals surface area contributed by atoms with Gasteiger partial charge >= 0.3 is 0 Å². The molecule has 0 rings (SSSR count). The molecule has 0 heterocycles. The second-order valence-electron chi connectivity index (χ2n) is 3.40. The van der Waals surface area contributed by atoms with Crippen LogP contribution in [0, 0.1) is 5.41 Å². The molecule has 0 aliphatic heterocycles. The Morgan fingerprint density at radius 1 is 1.44 bits per heavy atom. The van der Waals surface area contributed by atoms with Crippen LogP contribution in [0.2, 0.25) is 0 Å². The van der Waals surface area contributed by atoms with Gasteiger partial charge in [-0.25, -0.2) is 0 Å². The zero-order valence-corrected chi connectivity index (χ0v) is 6.56. The molecule has 0 aromatic rings. The van der Waals surface area contributed by atoms with E-state index in [9.17, 15) is 4.79 Å². The number of Topliss-reactive ketones (excluding diaryl/α,β-unsaturated/α-hetero) is 1. The molecule has 0 fully saturated rings. The van der Waals surface area contributed by atoms with Gasteiger partial charge < -0.3 is 5.73 Å². The van der Waals surface area contributed by atoms with Crippen LogP contribution in [0.3, 0.4) is 0 Å². The van der Waals surface area contributed by atoms with Gasteiger partial charge in [0, 0.05) is 5.41 Å². The van der Waals surface area contributed by atoms with Crippen molar-refractivity contribution < 1.29 is 4.79 Å². The van der Waals surface area contributed by atoms with E-state index in [1.54, 1.807) is 6.92 Å². The van der Waals surface area contributed by atoms with Crippen LogP contribution in [0.25, 0.3) is 0 Å². The molecule has 0 bridgehead atoms. The van der Waals surface area contributed by atoms with Crippen molar-refractivity contribution in [3.8, 4) is 0 Å². The van der Waals surface area contributed by atoms with E-state index in [-0.39, 0.29) is 17.2 Å². The summed E-state index contributed by atoms with van der Waals surface area (Å²) in [4.78, 5) is 11.0. The van der Waals surface area contributed by atoms with Gasteiger partial charge in [0.05, 0.1) is 6.04 Å². The predicted molar refractivity (Wildman–Crippen MR) is 38.1 cm³/mol. The first-order chi connectivity index (χ1) is 3.85. The van der Waals surface area contributed by atoms with E-state index < -0.39 is 0 Å². The minimum Gasteiger partial charge on any atom is -0.322 e. The maximum atomic E-state index is 11.0. The van der Waals surface area contributed by atoms with Crippen molar-refractivity contribution in [2.75, 3.05) is 0 Å². The topological polar surface area (TPSA) is 43.1 Å². The molecule has 0 unspecified atom stereocenters. The first kappa shape index (κ1) is 8.63. The van der Waals surface area contributed by atoms with E-state index in [0.29, 0.717) is 0 Å². The van der Waals surface area contributed by atoms with Gasteiger partial charge in [-0.1, -0.05) is 20.8 Å². The fourth-order valence-electron chi connectivity index (χ4n) is 0.683. The number of rotatable bonds is 1. The molecule has 0 spiro atoms. The summed E-state index contributed by atoms with van der Waals surface area (Å²) in [5.41, 5.74) is 5.09. The smallest absolute Gasteiger partial charge is 0.154 e. The Bertz CT molecular complexity index is 111. The highest BCUT2D eigenvalue weighted by atomic mass is 16.1. The molecule has 9 heavy (non-hydrogen) atoms. The lowest BCUT2D eigenvalue weighted by Gasteiger charge is -2.18. The van der Waals surface area contributed by atoms with Crippen molar-refractivity contribution >= 4 is 5.78 Å². The summed E-state index contributed by atoms with van der Waals surface area (Å²) in [6, 6.07) is -0.329. The highest BCUT2D eigenvalue weighted by Gasteiger charge is 2.23. The molecule has 2 nitrogen and oxygen atoms in total. The van der Waals surface area contributed by atoms with Crippen molar-refractivity contribution in [3.63, 3.8) is 0 Å². The molecular weight excluding hydrogens is 114 g/mol. The molecule has 0 amide bonds. The van der Waals surface area contributed by atoms with Gasteiger partial charge in [0.25, 0.3) is 0 Å². The van der Waals surface area contributed by atoms with E-state index >= 15 is 0 Å². The van der Waals surface area contributed by atoms with Crippen molar-refractivity contribution in [1.82, 2.24) is 0 Å². The summed E-state index contributed by atoms with van der Waals surface area (Å²) >= 11 is 0. The Labute approximate surface area is 56.4 Å². The molecule has 1 atom stereocenters. The molecule has 2 heteroatoms. The third-order valence-corrected chi connectivity index (χ3v) is 1.15. The monoisotopic (exact) mass is 129 g/mol. The fourth-order valence-corrected chi connectivity index (χ4v) is 0.683. The lowest BCUT2D eigenvalue weighted by molar-refractivity contribution is -0.127. The van der Waals surface area contributed by atoms with Crippen LogP contribution >= 0.6 is 0 Å². The number of hydrogen-bond donors (Lipinski definition) is 1. The number of ketones is 1. The Hall–Kier alpha value is -0.370. The lowest BCUT2D eigenvalue weighted by atomic mass is 9.87. The van der Waals surface area contributed by atoms with Crippen LogP contribution in [0.15, 0.2) is 0 Å². The van der Waals surface area contributed by atoms with E-state index in [1.807, 2.05) is 20.8 Å². The summed E-state index contributed by atoms with van der Waals surface area (Å²) in [7, 11) is 0. The summed E-state index contributed by atoms with van der Waals surface area (Å²) in [6.45, 7) is 7.34. The fraction of sp³-hybridized carbons (Fsp3) is 0.857. The number of carbonyl (C=O) groups excluding carboxylic acids is 1. The van der Waals surface area contributed by atoms with Gasteiger partial charge in [-0.05, 0) is 6.92 Å². The second kappa shape index (κ2) is 2.48. The van der Waals surface area contributed by atoms with E-state index in [4.69, 9.17) is 5.73 Å². The molecule has 0 aliphatic rings. The van der Waals surface area contributed by atoms with Gasteiger partial charge in [-0.2, -0.15) is 0 Å². The standard InChI is InChI=1S/C7H15NO/c1-5(8)6(9)7(2,3)4/h5H,8H2,1-4H3/t5-/m0/s1. The van der Waals surface area contributed by atoms with Crippen LogP contribution in [0.1, 0.15) is 27.7 Å². The second-order valence-corrected chi connectivity index (χ2v) is 3.40. The SMILES string of the molecule is C[C@H](N)C(=O)C(C)(C)C. The zero-order chi connectivity index (χ0) is 7.65. The van der Waals surface area contributed by atoms with Crippen molar-refractivity contribution in [1.29, 1.82) is 0 Å². The molecular formula is C7H15NO. The average Bonchev–Trinajstić information content (AvgIpc) is 1.62. The van der Waals surface area contributed by atoms with E-state index in [1.165, 1.54) is 0 Å². The molecule has 0 radical (unpaired) electrons. The maximum absolute atomic E-state index is 11.0. The average molecular weight is 129 g/mol. The van der Waals surface area contributed by atoms with Crippen LogP contribution in [0.5, 0.6) is 0 Å². The Morgan fingerprint density at radius 2 is 1.78 bits per heavy atom. The number of nitrogens with two attached hydrogens (primary N) is 1. The largest absolute Gasteiger partial charge is 0.322 e. The van der Waals surface area contributed by atoms with Gasteiger partial charge in [0.1, 0.15) is 0 Å². The first-order valence-corrected chi connectivity index (χ1v) is 3.15. The Kier molecular flexibility index (Phi) is 2.38. The maximum Gasteiger partial charge on any atom is 0.154 e.